The van der Waals surface area contributed by atoms with Crippen molar-refractivity contribution in [1.29, 1.82) is 0 Å². The van der Waals surface area contributed by atoms with E-state index in [1.165, 1.54) is 0 Å². The number of carbonyl (C=O) groups excluding carboxylic acids is 1. The minimum Gasteiger partial charge on any atom is -0.482 e. The third-order valence-electron chi connectivity index (χ3n) is 2.22. The molecule has 18 heavy (non-hydrogen) atoms. The molecule has 2 rings (SSSR count). The van der Waals surface area contributed by atoms with Gasteiger partial charge in [-0.3, -0.25) is 9.78 Å². The molecule has 1 amide bonds. The van der Waals surface area contributed by atoms with Crippen molar-refractivity contribution in [3.05, 3.63) is 48.8 Å². The molecule has 1 aromatic heterocycles. The monoisotopic (exact) mass is 243 g/mol. The zero-order valence-corrected chi connectivity index (χ0v) is 9.67. The van der Waals surface area contributed by atoms with Crippen LogP contribution in [0.1, 0.15) is 0 Å². The lowest BCUT2D eigenvalue weighted by molar-refractivity contribution is -0.118. The van der Waals surface area contributed by atoms with E-state index in [0.29, 0.717) is 17.1 Å². The van der Waals surface area contributed by atoms with Crippen molar-refractivity contribution in [2.75, 3.05) is 17.7 Å². The summed E-state index contributed by atoms with van der Waals surface area (Å²) in [7, 11) is 0. The smallest absolute Gasteiger partial charge is 0.262 e. The van der Waals surface area contributed by atoms with Crippen LogP contribution in [0.2, 0.25) is 0 Å². The number of hydrogen-bond donors (Lipinski definition) is 2. The van der Waals surface area contributed by atoms with E-state index in [0.717, 1.165) is 0 Å². The van der Waals surface area contributed by atoms with Gasteiger partial charge in [-0.1, -0.05) is 12.1 Å². The second-order valence-corrected chi connectivity index (χ2v) is 3.62. The summed E-state index contributed by atoms with van der Waals surface area (Å²) in [6, 6.07) is 10.5. The Kier molecular flexibility index (Phi) is 3.76. The standard InChI is InChI=1S/C13H13N3O2/c14-11-5-1-2-6-12(11)18-9-13(17)16-10-4-3-7-15-8-10/h1-8H,9,14H2,(H,16,17). The van der Waals surface area contributed by atoms with Gasteiger partial charge in [-0.05, 0) is 24.3 Å². The zero-order chi connectivity index (χ0) is 12.8. The number of ether oxygens (including phenoxy) is 1. The molecule has 5 heteroatoms. The van der Waals surface area contributed by atoms with Crippen molar-refractivity contribution in [1.82, 2.24) is 4.98 Å². The summed E-state index contributed by atoms with van der Waals surface area (Å²) < 4.78 is 5.31. The molecule has 0 unspecified atom stereocenters. The molecule has 92 valence electrons. The van der Waals surface area contributed by atoms with Crippen LogP contribution in [0.15, 0.2) is 48.8 Å². The first-order valence-electron chi connectivity index (χ1n) is 5.43. The van der Waals surface area contributed by atoms with Gasteiger partial charge in [-0.15, -0.1) is 0 Å². The predicted molar refractivity (Wildman–Crippen MR) is 69.2 cm³/mol. The summed E-state index contributed by atoms with van der Waals surface area (Å²) in [5.41, 5.74) is 6.83. The first kappa shape index (κ1) is 11.9. The normalized spacial score (nSPS) is 9.78. The van der Waals surface area contributed by atoms with Crippen molar-refractivity contribution in [2.24, 2.45) is 0 Å². The Hall–Kier alpha value is -2.56. The number of pyridine rings is 1. The van der Waals surface area contributed by atoms with Crippen LogP contribution in [0.5, 0.6) is 5.75 Å². The molecule has 0 bridgehead atoms. The van der Waals surface area contributed by atoms with Gasteiger partial charge in [-0.2, -0.15) is 0 Å². The van der Waals surface area contributed by atoms with Crippen LogP contribution in [-0.4, -0.2) is 17.5 Å². The first-order chi connectivity index (χ1) is 8.75. The number of nitrogens with zero attached hydrogens (tertiary/aromatic N) is 1. The summed E-state index contributed by atoms with van der Waals surface area (Å²) in [4.78, 5) is 15.5. The largest absolute Gasteiger partial charge is 0.482 e. The molecule has 0 radical (unpaired) electrons. The van der Waals surface area contributed by atoms with Crippen molar-refractivity contribution in [3.8, 4) is 5.75 Å². The number of aromatic nitrogens is 1. The molecule has 0 saturated carbocycles. The number of hydrogen-bond acceptors (Lipinski definition) is 4. The Bertz CT molecular complexity index is 529. The number of carbonyl (C=O) groups is 1. The number of benzene rings is 1. The lowest BCUT2D eigenvalue weighted by atomic mass is 10.3. The summed E-state index contributed by atoms with van der Waals surface area (Å²) >= 11 is 0. The molecular weight excluding hydrogens is 230 g/mol. The van der Waals surface area contributed by atoms with Crippen LogP contribution in [0, 0.1) is 0 Å². The number of amides is 1. The molecule has 2 aromatic rings. The summed E-state index contributed by atoms with van der Waals surface area (Å²) in [6.45, 7) is -0.0941. The minimum atomic E-state index is -0.258. The lowest BCUT2D eigenvalue weighted by Gasteiger charge is -2.08. The van der Waals surface area contributed by atoms with Gasteiger partial charge in [0.2, 0.25) is 0 Å². The molecule has 5 nitrogen and oxygen atoms in total. The fourth-order valence-electron chi connectivity index (χ4n) is 1.39. The van der Waals surface area contributed by atoms with Crippen LogP contribution in [-0.2, 0) is 4.79 Å². The highest BCUT2D eigenvalue weighted by molar-refractivity contribution is 5.91. The molecule has 0 fully saturated rings. The van der Waals surface area contributed by atoms with E-state index in [2.05, 4.69) is 10.3 Å². The summed E-state index contributed by atoms with van der Waals surface area (Å²) in [5.74, 6) is 0.241. The third-order valence-corrected chi connectivity index (χ3v) is 2.22. The molecule has 1 heterocycles. The maximum atomic E-state index is 11.6. The van der Waals surface area contributed by atoms with E-state index in [9.17, 15) is 4.79 Å². The number of anilines is 2. The van der Waals surface area contributed by atoms with Crippen molar-refractivity contribution in [2.45, 2.75) is 0 Å². The Morgan fingerprint density at radius 2 is 2.11 bits per heavy atom. The highest BCUT2D eigenvalue weighted by atomic mass is 16.5. The number of para-hydroxylation sites is 2. The number of nitrogens with two attached hydrogens (primary N) is 1. The van der Waals surface area contributed by atoms with E-state index in [4.69, 9.17) is 10.5 Å². The molecular formula is C13H13N3O2. The first-order valence-corrected chi connectivity index (χ1v) is 5.43. The van der Waals surface area contributed by atoms with Gasteiger partial charge in [0.15, 0.2) is 6.61 Å². The average Bonchev–Trinajstić information content (AvgIpc) is 2.39. The van der Waals surface area contributed by atoms with Gasteiger partial charge in [0.05, 0.1) is 17.6 Å². The second kappa shape index (κ2) is 5.67. The van der Waals surface area contributed by atoms with E-state index in [1.807, 2.05) is 0 Å². The fourth-order valence-corrected chi connectivity index (χ4v) is 1.39. The topological polar surface area (TPSA) is 77.2 Å². The predicted octanol–water partition coefficient (Wildman–Crippen LogP) is 1.68. The number of rotatable bonds is 4. The quantitative estimate of drug-likeness (QED) is 0.801. The maximum Gasteiger partial charge on any atom is 0.262 e. The van der Waals surface area contributed by atoms with Gasteiger partial charge in [0.1, 0.15) is 5.75 Å². The molecule has 0 saturated heterocycles. The Balaban J connectivity index is 1.88. The molecule has 3 N–H and O–H groups in total. The van der Waals surface area contributed by atoms with Gasteiger partial charge >= 0.3 is 0 Å². The Morgan fingerprint density at radius 3 is 2.83 bits per heavy atom. The fraction of sp³-hybridized carbons (Fsp3) is 0.0769. The highest BCUT2D eigenvalue weighted by Crippen LogP contribution is 2.19. The van der Waals surface area contributed by atoms with Crippen molar-refractivity contribution >= 4 is 17.3 Å². The average molecular weight is 243 g/mol. The van der Waals surface area contributed by atoms with E-state index in [-0.39, 0.29) is 12.5 Å². The zero-order valence-electron chi connectivity index (χ0n) is 9.67. The van der Waals surface area contributed by atoms with Crippen molar-refractivity contribution in [3.63, 3.8) is 0 Å². The van der Waals surface area contributed by atoms with E-state index in [1.54, 1.807) is 48.8 Å². The van der Waals surface area contributed by atoms with Gasteiger partial charge < -0.3 is 15.8 Å². The number of nitrogen functional groups attached to an aromatic ring is 1. The minimum absolute atomic E-state index is 0.0941. The van der Waals surface area contributed by atoms with Gasteiger partial charge in [0.25, 0.3) is 5.91 Å². The Labute approximate surface area is 105 Å². The molecule has 1 aromatic carbocycles. The maximum absolute atomic E-state index is 11.6. The molecule has 0 atom stereocenters. The summed E-state index contributed by atoms with van der Waals surface area (Å²) in [5, 5.41) is 2.66. The third kappa shape index (κ3) is 3.21. The SMILES string of the molecule is Nc1ccccc1OCC(=O)Nc1cccnc1. The van der Waals surface area contributed by atoms with Gasteiger partial charge in [0, 0.05) is 6.20 Å². The van der Waals surface area contributed by atoms with Crippen LogP contribution in [0.4, 0.5) is 11.4 Å². The van der Waals surface area contributed by atoms with Crippen LogP contribution in [0.25, 0.3) is 0 Å². The Morgan fingerprint density at radius 1 is 1.28 bits per heavy atom. The lowest BCUT2D eigenvalue weighted by Crippen LogP contribution is -2.20. The van der Waals surface area contributed by atoms with Crippen LogP contribution >= 0.6 is 0 Å². The van der Waals surface area contributed by atoms with E-state index >= 15 is 0 Å². The molecule has 0 aliphatic carbocycles. The molecule has 0 spiro atoms. The van der Waals surface area contributed by atoms with E-state index < -0.39 is 0 Å². The van der Waals surface area contributed by atoms with Gasteiger partial charge in [-0.25, -0.2) is 0 Å². The summed E-state index contributed by atoms with van der Waals surface area (Å²) in [6.07, 6.45) is 3.20. The van der Waals surface area contributed by atoms with Crippen LogP contribution < -0.4 is 15.8 Å². The number of nitrogens with one attached hydrogen (secondary N) is 1. The highest BCUT2D eigenvalue weighted by Gasteiger charge is 2.05. The van der Waals surface area contributed by atoms with Crippen molar-refractivity contribution < 1.29 is 9.53 Å². The molecule has 0 aliphatic rings. The molecule has 0 aliphatic heterocycles. The second-order valence-electron chi connectivity index (χ2n) is 3.62. The van der Waals surface area contributed by atoms with Crippen LogP contribution in [0.3, 0.4) is 0 Å².